The van der Waals surface area contributed by atoms with Crippen LogP contribution in [-0.2, 0) is 9.05 Å². The number of hydrogen-bond acceptors (Lipinski definition) is 2. The van der Waals surface area contributed by atoms with Gasteiger partial charge in [-0.15, -0.1) is 0 Å². The van der Waals surface area contributed by atoms with E-state index in [1.165, 1.54) is 6.92 Å². The van der Waals surface area contributed by atoms with Crippen molar-refractivity contribution in [1.29, 1.82) is 0 Å². The van der Waals surface area contributed by atoms with Gasteiger partial charge in [-0.2, -0.15) is 0 Å². The molecule has 50 valence electrons. The zero-order valence-electron chi connectivity index (χ0n) is 4.27. The van der Waals surface area contributed by atoms with Crippen molar-refractivity contribution >= 4 is 19.7 Å². The first kappa shape index (κ1) is 8.17. The fourth-order valence-corrected chi connectivity index (χ4v) is 0.975. The molecule has 0 heterocycles. The van der Waals surface area contributed by atoms with Crippen LogP contribution in [0.1, 0.15) is 13.3 Å². The Morgan fingerprint density at radius 3 is 2.12 bits per heavy atom. The van der Waals surface area contributed by atoms with Gasteiger partial charge >= 0.3 is 0 Å². The van der Waals surface area contributed by atoms with E-state index in [-0.39, 0.29) is 6.42 Å². The van der Waals surface area contributed by atoms with Crippen LogP contribution >= 0.6 is 10.7 Å². The van der Waals surface area contributed by atoms with E-state index in [0.29, 0.717) is 0 Å². The van der Waals surface area contributed by atoms with Crippen LogP contribution < -0.4 is 0 Å². The van der Waals surface area contributed by atoms with E-state index >= 15 is 0 Å². The second-order valence-electron chi connectivity index (χ2n) is 1.29. The van der Waals surface area contributed by atoms with Crippen molar-refractivity contribution in [2.24, 2.45) is 0 Å². The highest BCUT2D eigenvalue weighted by molar-refractivity contribution is 8.14. The highest BCUT2D eigenvalue weighted by Gasteiger charge is 2.18. The van der Waals surface area contributed by atoms with Gasteiger partial charge in [-0.05, 0) is 6.42 Å². The van der Waals surface area contributed by atoms with Gasteiger partial charge in [0.1, 0.15) is 0 Å². The Balaban J connectivity index is 4.04. The standard InChI is InChI=1S/C3H6ClFO2S/c1-2-3(5)8(4,6)7/h3H,2H2,1H3. The zero-order chi connectivity index (χ0) is 6.78. The zero-order valence-corrected chi connectivity index (χ0v) is 5.84. The van der Waals surface area contributed by atoms with Crippen LogP contribution in [0.3, 0.4) is 0 Å². The van der Waals surface area contributed by atoms with E-state index in [0.717, 1.165) is 0 Å². The molecule has 0 aromatic rings. The topological polar surface area (TPSA) is 34.1 Å². The van der Waals surface area contributed by atoms with Gasteiger partial charge in [0.2, 0.25) is 5.50 Å². The normalized spacial score (nSPS) is 15.9. The summed E-state index contributed by atoms with van der Waals surface area (Å²) in [4.78, 5) is 0. The molecule has 0 amide bonds. The lowest BCUT2D eigenvalue weighted by Crippen LogP contribution is -2.06. The second kappa shape index (κ2) is 2.64. The summed E-state index contributed by atoms with van der Waals surface area (Å²) in [6, 6.07) is 0. The number of alkyl halides is 1. The average molecular weight is 161 g/mol. The molecule has 1 unspecified atom stereocenters. The lowest BCUT2D eigenvalue weighted by Gasteiger charge is -1.95. The average Bonchev–Trinajstić information content (AvgIpc) is 1.62. The first-order valence-corrected chi connectivity index (χ1v) is 4.43. The van der Waals surface area contributed by atoms with Crippen LogP contribution in [0.25, 0.3) is 0 Å². The molecule has 0 radical (unpaired) electrons. The van der Waals surface area contributed by atoms with Gasteiger partial charge < -0.3 is 0 Å². The fourth-order valence-electron chi connectivity index (χ4n) is 0.199. The summed E-state index contributed by atoms with van der Waals surface area (Å²) in [5.41, 5.74) is -1.91. The number of hydrogen-bond donors (Lipinski definition) is 0. The van der Waals surface area contributed by atoms with Crippen LogP contribution in [0.15, 0.2) is 0 Å². The predicted molar refractivity (Wildman–Crippen MR) is 30.0 cm³/mol. The van der Waals surface area contributed by atoms with Gasteiger partial charge in [-0.1, -0.05) is 6.92 Å². The van der Waals surface area contributed by atoms with Crippen molar-refractivity contribution in [2.75, 3.05) is 0 Å². The van der Waals surface area contributed by atoms with Crippen LogP contribution in [0.2, 0.25) is 0 Å². The van der Waals surface area contributed by atoms with Crippen molar-refractivity contribution in [3.05, 3.63) is 0 Å². The molecule has 0 rings (SSSR count). The number of halogens is 2. The summed E-state index contributed by atoms with van der Waals surface area (Å²) in [5.74, 6) is 0. The first-order valence-electron chi connectivity index (χ1n) is 2.06. The third-order valence-electron chi connectivity index (χ3n) is 0.626. The van der Waals surface area contributed by atoms with Gasteiger partial charge in [0.05, 0.1) is 0 Å². The molecule has 0 aliphatic heterocycles. The summed E-state index contributed by atoms with van der Waals surface area (Å²) < 4.78 is 31.8. The lowest BCUT2D eigenvalue weighted by atomic mass is 10.6. The summed E-state index contributed by atoms with van der Waals surface area (Å²) in [6.45, 7) is 1.41. The summed E-state index contributed by atoms with van der Waals surface area (Å²) >= 11 is 0. The van der Waals surface area contributed by atoms with Crippen molar-refractivity contribution in [3.8, 4) is 0 Å². The first-order chi connectivity index (χ1) is 3.48. The van der Waals surface area contributed by atoms with Crippen molar-refractivity contribution in [3.63, 3.8) is 0 Å². The molecule has 5 heteroatoms. The van der Waals surface area contributed by atoms with Crippen LogP contribution in [0, 0.1) is 0 Å². The van der Waals surface area contributed by atoms with E-state index in [4.69, 9.17) is 0 Å². The third-order valence-corrected chi connectivity index (χ3v) is 2.15. The highest BCUT2D eigenvalue weighted by Crippen LogP contribution is 2.10. The molecule has 0 spiro atoms. The van der Waals surface area contributed by atoms with Crippen molar-refractivity contribution < 1.29 is 12.8 Å². The van der Waals surface area contributed by atoms with Crippen LogP contribution in [0.4, 0.5) is 4.39 Å². The molecule has 0 bridgehead atoms. The van der Waals surface area contributed by atoms with E-state index in [2.05, 4.69) is 10.7 Å². The Hall–Kier alpha value is 0.170. The maximum atomic E-state index is 11.9. The van der Waals surface area contributed by atoms with Gasteiger partial charge in [0, 0.05) is 10.7 Å². The van der Waals surface area contributed by atoms with Gasteiger partial charge in [0.15, 0.2) is 0 Å². The fraction of sp³-hybridized carbons (Fsp3) is 1.00. The minimum absolute atomic E-state index is 0.0914. The largest absolute Gasteiger partial charge is 0.264 e. The smallest absolute Gasteiger partial charge is 0.229 e. The Morgan fingerprint density at radius 2 is 2.12 bits per heavy atom. The van der Waals surface area contributed by atoms with Gasteiger partial charge in [-0.3, -0.25) is 0 Å². The Morgan fingerprint density at radius 1 is 1.75 bits per heavy atom. The molecule has 1 atom stereocenters. The van der Waals surface area contributed by atoms with Gasteiger partial charge in [-0.25, -0.2) is 12.8 Å². The minimum atomic E-state index is -3.95. The molecule has 0 N–H and O–H groups in total. The summed E-state index contributed by atoms with van der Waals surface area (Å²) in [5, 5.41) is 0. The molecule has 0 saturated heterocycles. The Labute approximate surface area is 52.1 Å². The highest BCUT2D eigenvalue weighted by atomic mass is 35.7. The molecule has 2 nitrogen and oxygen atoms in total. The molecule has 0 aliphatic carbocycles. The second-order valence-corrected chi connectivity index (χ2v) is 4.05. The van der Waals surface area contributed by atoms with Crippen LogP contribution in [0.5, 0.6) is 0 Å². The monoisotopic (exact) mass is 160 g/mol. The number of rotatable bonds is 2. The third kappa shape index (κ3) is 2.47. The Kier molecular flexibility index (Phi) is 2.70. The SMILES string of the molecule is CCC(F)S(=O)(=O)Cl. The summed E-state index contributed by atoms with van der Waals surface area (Å²) in [6.07, 6.45) is -0.0914. The van der Waals surface area contributed by atoms with Crippen LogP contribution in [-0.4, -0.2) is 13.9 Å². The molecular formula is C3H6ClFO2S. The minimum Gasteiger partial charge on any atom is -0.229 e. The van der Waals surface area contributed by atoms with E-state index in [9.17, 15) is 12.8 Å². The maximum Gasteiger partial charge on any atom is 0.264 e. The molecule has 0 aromatic heterocycles. The molecule has 8 heavy (non-hydrogen) atoms. The quantitative estimate of drug-likeness (QED) is 0.570. The molecule has 0 saturated carbocycles. The van der Waals surface area contributed by atoms with E-state index < -0.39 is 14.6 Å². The Bertz CT molecular complexity index is 153. The molecule has 0 aromatic carbocycles. The molecule has 0 aliphatic rings. The predicted octanol–water partition coefficient (Wildman–Crippen LogP) is 1.26. The van der Waals surface area contributed by atoms with Crippen molar-refractivity contribution in [1.82, 2.24) is 0 Å². The van der Waals surface area contributed by atoms with E-state index in [1.54, 1.807) is 0 Å². The lowest BCUT2D eigenvalue weighted by molar-refractivity contribution is 0.416. The maximum absolute atomic E-state index is 11.9. The summed E-state index contributed by atoms with van der Waals surface area (Å²) in [7, 11) is 0.634. The molecule has 0 fully saturated rings. The van der Waals surface area contributed by atoms with Crippen molar-refractivity contribution in [2.45, 2.75) is 18.8 Å². The molecular weight excluding hydrogens is 155 g/mol. The van der Waals surface area contributed by atoms with E-state index in [1.807, 2.05) is 0 Å². The van der Waals surface area contributed by atoms with Gasteiger partial charge in [0.25, 0.3) is 9.05 Å².